The highest BCUT2D eigenvalue weighted by Gasteiger charge is 2.14. The molecule has 2 aromatic rings. The SMILES string of the molecule is Cc1cccc(C(=O)O)c1NC(=O)CCOc1ccccc1. The van der Waals surface area contributed by atoms with Gasteiger partial charge in [-0.25, -0.2) is 4.79 Å². The number of aromatic carboxylic acids is 1. The Balaban J connectivity index is 1.94. The average molecular weight is 299 g/mol. The van der Waals surface area contributed by atoms with Crippen molar-refractivity contribution in [1.29, 1.82) is 0 Å². The monoisotopic (exact) mass is 299 g/mol. The van der Waals surface area contributed by atoms with Crippen molar-refractivity contribution in [2.45, 2.75) is 13.3 Å². The number of nitrogens with one attached hydrogen (secondary N) is 1. The van der Waals surface area contributed by atoms with E-state index in [-0.39, 0.29) is 24.5 Å². The van der Waals surface area contributed by atoms with Gasteiger partial charge in [0.2, 0.25) is 5.91 Å². The van der Waals surface area contributed by atoms with Gasteiger partial charge in [0.25, 0.3) is 0 Å². The maximum atomic E-state index is 11.9. The average Bonchev–Trinajstić information content (AvgIpc) is 2.50. The lowest BCUT2D eigenvalue weighted by atomic mass is 10.1. The van der Waals surface area contributed by atoms with Crippen LogP contribution >= 0.6 is 0 Å². The summed E-state index contributed by atoms with van der Waals surface area (Å²) in [5.41, 5.74) is 1.12. The van der Waals surface area contributed by atoms with Crippen molar-refractivity contribution >= 4 is 17.6 Å². The number of anilines is 1. The van der Waals surface area contributed by atoms with E-state index in [4.69, 9.17) is 9.84 Å². The summed E-state index contributed by atoms with van der Waals surface area (Å²) >= 11 is 0. The second-order valence-electron chi connectivity index (χ2n) is 4.76. The summed E-state index contributed by atoms with van der Waals surface area (Å²) < 4.78 is 5.45. The molecule has 0 aromatic heterocycles. The minimum absolute atomic E-state index is 0.0809. The Bertz CT molecular complexity index is 668. The molecule has 0 unspecified atom stereocenters. The fourth-order valence-corrected chi connectivity index (χ4v) is 1.99. The number of carboxylic acids is 1. The smallest absolute Gasteiger partial charge is 0.337 e. The Morgan fingerprint density at radius 1 is 1.09 bits per heavy atom. The second kappa shape index (κ2) is 7.26. The van der Waals surface area contributed by atoms with E-state index >= 15 is 0 Å². The largest absolute Gasteiger partial charge is 0.493 e. The summed E-state index contributed by atoms with van der Waals surface area (Å²) in [7, 11) is 0. The summed E-state index contributed by atoms with van der Waals surface area (Å²) in [5.74, 6) is -0.662. The first-order valence-corrected chi connectivity index (χ1v) is 6.88. The minimum atomic E-state index is -1.07. The molecule has 0 bridgehead atoms. The van der Waals surface area contributed by atoms with Gasteiger partial charge in [-0.15, -0.1) is 0 Å². The number of carbonyl (C=O) groups is 2. The van der Waals surface area contributed by atoms with Crippen LogP contribution in [0.3, 0.4) is 0 Å². The molecule has 0 aliphatic heterocycles. The molecule has 0 atom stereocenters. The Kier molecular flexibility index (Phi) is 5.14. The van der Waals surface area contributed by atoms with E-state index in [1.165, 1.54) is 6.07 Å². The Morgan fingerprint density at radius 2 is 1.82 bits per heavy atom. The van der Waals surface area contributed by atoms with Gasteiger partial charge in [-0.3, -0.25) is 4.79 Å². The van der Waals surface area contributed by atoms with Gasteiger partial charge < -0.3 is 15.2 Å². The molecule has 2 rings (SSSR count). The van der Waals surface area contributed by atoms with Crippen molar-refractivity contribution in [3.05, 3.63) is 59.7 Å². The molecule has 0 saturated carbocycles. The van der Waals surface area contributed by atoms with Gasteiger partial charge in [0.1, 0.15) is 5.75 Å². The number of aryl methyl sites for hydroxylation is 1. The molecule has 1 amide bonds. The zero-order chi connectivity index (χ0) is 15.9. The summed E-state index contributed by atoms with van der Waals surface area (Å²) in [6, 6.07) is 14.1. The topological polar surface area (TPSA) is 75.6 Å². The number of carboxylic acid groups (broad SMARTS) is 1. The molecule has 0 radical (unpaired) electrons. The maximum Gasteiger partial charge on any atom is 0.337 e. The Hall–Kier alpha value is -2.82. The summed E-state index contributed by atoms with van der Waals surface area (Å²) in [5, 5.41) is 11.8. The third-order valence-corrected chi connectivity index (χ3v) is 3.11. The molecule has 0 aliphatic carbocycles. The van der Waals surface area contributed by atoms with Crippen LogP contribution in [0.25, 0.3) is 0 Å². The molecule has 2 aromatic carbocycles. The molecule has 2 N–H and O–H groups in total. The van der Waals surface area contributed by atoms with Crippen molar-refractivity contribution in [3.8, 4) is 5.75 Å². The third kappa shape index (κ3) is 4.09. The molecule has 0 saturated heterocycles. The van der Waals surface area contributed by atoms with E-state index in [0.717, 1.165) is 0 Å². The van der Waals surface area contributed by atoms with Crippen LogP contribution in [0.1, 0.15) is 22.3 Å². The van der Waals surface area contributed by atoms with Gasteiger partial charge in [0, 0.05) is 0 Å². The molecule has 22 heavy (non-hydrogen) atoms. The number of benzene rings is 2. The van der Waals surface area contributed by atoms with Crippen LogP contribution in [0.5, 0.6) is 5.75 Å². The summed E-state index contributed by atoms with van der Waals surface area (Å²) in [4.78, 5) is 23.1. The van der Waals surface area contributed by atoms with Crippen molar-refractivity contribution in [1.82, 2.24) is 0 Å². The quantitative estimate of drug-likeness (QED) is 0.859. The van der Waals surface area contributed by atoms with Crippen molar-refractivity contribution in [3.63, 3.8) is 0 Å². The van der Waals surface area contributed by atoms with E-state index in [1.807, 2.05) is 30.3 Å². The Morgan fingerprint density at radius 3 is 2.50 bits per heavy atom. The predicted molar refractivity (Wildman–Crippen MR) is 83.3 cm³/mol. The van der Waals surface area contributed by atoms with Crippen LogP contribution < -0.4 is 10.1 Å². The fourth-order valence-electron chi connectivity index (χ4n) is 1.99. The zero-order valence-corrected chi connectivity index (χ0v) is 12.2. The molecule has 114 valence electrons. The molecule has 0 fully saturated rings. The summed E-state index contributed by atoms with van der Waals surface area (Å²) in [6.07, 6.45) is 0.141. The number of hydrogen-bond acceptors (Lipinski definition) is 3. The number of amides is 1. The van der Waals surface area contributed by atoms with Crippen LogP contribution in [-0.2, 0) is 4.79 Å². The minimum Gasteiger partial charge on any atom is -0.493 e. The Labute approximate surface area is 128 Å². The lowest BCUT2D eigenvalue weighted by Gasteiger charge is -2.12. The van der Waals surface area contributed by atoms with Gasteiger partial charge in [0.15, 0.2) is 0 Å². The molecular weight excluding hydrogens is 282 g/mol. The van der Waals surface area contributed by atoms with Crippen molar-refractivity contribution in [2.75, 3.05) is 11.9 Å². The van der Waals surface area contributed by atoms with Crippen LogP contribution in [-0.4, -0.2) is 23.6 Å². The zero-order valence-electron chi connectivity index (χ0n) is 12.2. The van der Waals surface area contributed by atoms with Crippen LogP contribution in [0.4, 0.5) is 5.69 Å². The maximum absolute atomic E-state index is 11.9. The van der Waals surface area contributed by atoms with E-state index in [9.17, 15) is 9.59 Å². The first-order valence-electron chi connectivity index (χ1n) is 6.88. The van der Waals surface area contributed by atoms with Gasteiger partial charge in [-0.05, 0) is 30.7 Å². The van der Waals surface area contributed by atoms with Crippen LogP contribution in [0.15, 0.2) is 48.5 Å². The highest BCUT2D eigenvalue weighted by molar-refractivity contribution is 6.01. The van der Waals surface area contributed by atoms with E-state index in [1.54, 1.807) is 19.1 Å². The van der Waals surface area contributed by atoms with Gasteiger partial charge in [-0.1, -0.05) is 30.3 Å². The van der Waals surface area contributed by atoms with E-state index < -0.39 is 5.97 Å². The molecule has 0 aliphatic rings. The van der Waals surface area contributed by atoms with Crippen molar-refractivity contribution < 1.29 is 19.4 Å². The predicted octanol–water partition coefficient (Wildman–Crippen LogP) is 3.10. The molecule has 5 nitrogen and oxygen atoms in total. The highest BCUT2D eigenvalue weighted by atomic mass is 16.5. The third-order valence-electron chi connectivity index (χ3n) is 3.11. The molecular formula is C17H17NO4. The molecule has 0 spiro atoms. The highest BCUT2D eigenvalue weighted by Crippen LogP contribution is 2.20. The number of ether oxygens (including phenoxy) is 1. The standard InChI is InChI=1S/C17H17NO4/c1-12-6-5-9-14(17(20)21)16(12)18-15(19)10-11-22-13-7-3-2-4-8-13/h2-9H,10-11H2,1H3,(H,18,19)(H,20,21). The van der Waals surface area contributed by atoms with Crippen molar-refractivity contribution in [2.24, 2.45) is 0 Å². The normalized spacial score (nSPS) is 10.0. The number of para-hydroxylation sites is 2. The van der Waals surface area contributed by atoms with Crippen LogP contribution in [0.2, 0.25) is 0 Å². The van der Waals surface area contributed by atoms with E-state index in [0.29, 0.717) is 17.0 Å². The van der Waals surface area contributed by atoms with Gasteiger partial charge in [0.05, 0.1) is 24.3 Å². The fraction of sp³-hybridized carbons (Fsp3) is 0.176. The first kappa shape index (κ1) is 15.6. The lowest BCUT2D eigenvalue weighted by molar-refractivity contribution is -0.116. The van der Waals surface area contributed by atoms with Gasteiger partial charge >= 0.3 is 5.97 Å². The molecule has 0 heterocycles. The first-order chi connectivity index (χ1) is 10.6. The number of hydrogen-bond donors (Lipinski definition) is 2. The number of carbonyl (C=O) groups excluding carboxylic acids is 1. The molecule has 5 heteroatoms. The lowest BCUT2D eigenvalue weighted by Crippen LogP contribution is -2.18. The number of rotatable bonds is 6. The van der Waals surface area contributed by atoms with Gasteiger partial charge in [-0.2, -0.15) is 0 Å². The van der Waals surface area contributed by atoms with Crippen LogP contribution in [0, 0.1) is 6.92 Å². The second-order valence-corrected chi connectivity index (χ2v) is 4.76. The summed E-state index contributed by atoms with van der Waals surface area (Å²) in [6.45, 7) is 1.98. The van der Waals surface area contributed by atoms with E-state index in [2.05, 4.69) is 5.32 Å².